The highest BCUT2D eigenvalue weighted by atomic mass is 32.2. The molecule has 7 nitrogen and oxygen atoms in total. The van der Waals surface area contributed by atoms with Crippen molar-refractivity contribution in [3.8, 4) is 0 Å². The first-order valence-electron chi connectivity index (χ1n) is 8.91. The lowest BCUT2D eigenvalue weighted by atomic mass is 9.93. The SMILES string of the molecule is CSc1nccc(N2C[C@@H]3CC[C@H](C2)N(Cc2c(C)noc2C)C3=O)n1. The van der Waals surface area contributed by atoms with Crippen molar-refractivity contribution in [2.24, 2.45) is 5.92 Å². The predicted molar refractivity (Wildman–Crippen MR) is 99.1 cm³/mol. The molecule has 3 aliphatic heterocycles. The summed E-state index contributed by atoms with van der Waals surface area (Å²) in [6.45, 7) is 5.94. The van der Waals surface area contributed by atoms with E-state index in [4.69, 9.17) is 4.52 Å². The zero-order valence-corrected chi connectivity index (χ0v) is 16.1. The molecule has 5 heterocycles. The van der Waals surface area contributed by atoms with Gasteiger partial charge in [0.2, 0.25) is 5.91 Å². The van der Waals surface area contributed by atoms with E-state index in [9.17, 15) is 4.79 Å². The van der Waals surface area contributed by atoms with Crippen LogP contribution in [0.25, 0.3) is 0 Å². The molecule has 8 heteroatoms. The molecule has 3 aliphatic rings. The molecule has 2 aromatic heterocycles. The van der Waals surface area contributed by atoms with E-state index in [2.05, 4.69) is 20.0 Å². The molecule has 0 unspecified atom stereocenters. The zero-order valence-electron chi connectivity index (χ0n) is 15.3. The van der Waals surface area contributed by atoms with Crippen LogP contribution in [0.4, 0.5) is 5.82 Å². The molecule has 138 valence electrons. The summed E-state index contributed by atoms with van der Waals surface area (Å²) < 4.78 is 5.28. The summed E-state index contributed by atoms with van der Waals surface area (Å²) in [5.41, 5.74) is 1.90. The lowest BCUT2D eigenvalue weighted by molar-refractivity contribution is -0.140. The number of rotatable bonds is 4. The van der Waals surface area contributed by atoms with E-state index < -0.39 is 0 Å². The van der Waals surface area contributed by atoms with Crippen LogP contribution in [0.3, 0.4) is 0 Å². The van der Waals surface area contributed by atoms with Gasteiger partial charge < -0.3 is 14.3 Å². The molecule has 5 rings (SSSR count). The summed E-state index contributed by atoms with van der Waals surface area (Å²) in [6, 6.07) is 2.12. The number of aryl methyl sites for hydroxylation is 2. The van der Waals surface area contributed by atoms with Crippen LogP contribution in [-0.4, -0.2) is 51.3 Å². The second-order valence-corrected chi connectivity index (χ2v) is 7.78. The Bertz CT molecular complexity index is 804. The van der Waals surface area contributed by atoms with Gasteiger partial charge in [0.05, 0.1) is 18.2 Å². The first kappa shape index (κ1) is 17.3. The molecular weight excluding hydrogens is 350 g/mol. The fourth-order valence-electron chi connectivity index (χ4n) is 3.94. The fourth-order valence-corrected chi connectivity index (χ4v) is 4.29. The summed E-state index contributed by atoms with van der Waals surface area (Å²) in [6.07, 6.45) is 5.74. The van der Waals surface area contributed by atoms with E-state index in [-0.39, 0.29) is 17.9 Å². The van der Waals surface area contributed by atoms with E-state index in [1.54, 1.807) is 6.20 Å². The summed E-state index contributed by atoms with van der Waals surface area (Å²) in [7, 11) is 0. The number of hydrogen-bond donors (Lipinski definition) is 0. The Labute approximate surface area is 157 Å². The van der Waals surface area contributed by atoms with Crippen molar-refractivity contribution in [3.05, 3.63) is 29.3 Å². The highest BCUT2D eigenvalue weighted by molar-refractivity contribution is 7.98. The number of thioether (sulfide) groups is 1. The standard InChI is InChI=1S/C18H23N5O2S/c1-11-15(12(2)25-21-11)10-23-14-5-4-13(17(23)24)8-22(9-14)16-6-7-19-18(20-16)26-3/h6-7,13-14H,4-5,8-10H2,1-3H3/t13-,14+/m0/s1. The average Bonchev–Trinajstić information content (AvgIpc) is 2.83. The second kappa shape index (κ2) is 6.90. The van der Waals surface area contributed by atoms with Gasteiger partial charge in [-0.1, -0.05) is 16.9 Å². The molecule has 0 spiro atoms. The van der Waals surface area contributed by atoms with Gasteiger partial charge in [0.15, 0.2) is 5.16 Å². The van der Waals surface area contributed by atoms with Gasteiger partial charge >= 0.3 is 0 Å². The Morgan fingerprint density at radius 3 is 2.88 bits per heavy atom. The molecule has 3 saturated heterocycles. The zero-order chi connectivity index (χ0) is 18.3. The molecule has 2 bridgehead atoms. The van der Waals surface area contributed by atoms with Gasteiger partial charge in [-0.25, -0.2) is 9.97 Å². The van der Waals surface area contributed by atoms with Crippen LogP contribution in [-0.2, 0) is 11.3 Å². The summed E-state index contributed by atoms with van der Waals surface area (Å²) in [4.78, 5) is 26.2. The highest BCUT2D eigenvalue weighted by Crippen LogP contribution is 2.33. The van der Waals surface area contributed by atoms with Crippen LogP contribution in [0.2, 0.25) is 0 Å². The van der Waals surface area contributed by atoms with Gasteiger partial charge in [0.1, 0.15) is 11.6 Å². The average molecular weight is 373 g/mol. The maximum atomic E-state index is 13.1. The van der Waals surface area contributed by atoms with Crippen LogP contribution >= 0.6 is 11.8 Å². The van der Waals surface area contributed by atoms with Crippen LogP contribution < -0.4 is 4.90 Å². The molecule has 0 aromatic carbocycles. The van der Waals surface area contributed by atoms with E-state index in [1.165, 1.54) is 11.8 Å². The Morgan fingerprint density at radius 1 is 1.31 bits per heavy atom. The van der Waals surface area contributed by atoms with Crippen molar-refractivity contribution in [2.45, 2.75) is 44.4 Å². The van der Waals surface area contributed by atoms with Crippen LogP contribution in [0.1, 0.15) is 29.9 Å². The number of nitrogens with zero attached hydrogens (tertiary/aromatic N) is 5. The topological polar surface area (TPSA) is 75.4 Å². The minimum Gasteiger partial charge on any atom is -0.361 e. The lowest BCUT2D eigenvalue weighted by Crippen LogP contribution is -2.47. The number of hydrogen-bond acceptors (Lipinski definition) is 7. The summed E-state index contributed by atoms with van der Waals surface area (Å²) in [5, 5.41) is 4.79. The predicted octanol–water partition coefficient (Wildman–Crippen LogP) is 2.43. The van der Waals surface area contributed by atoms with E-state index >= 15 is 0 Å². The van der Waals surface area contributed by atoms with Crippen molar-refractivity contribution in [1.29, 1.82) is 0 Å². The molecule has 3 fully saturated rings. The molecule has 0 radical (unpaired) electrons. The Morgan fingerprint density at radius 2 is 2.15 bits per heavy atom. The van der Waals surface area contributed by atoms with Gasteiger partial charge in [-0.15, -0.1) is 0 Å². The third-order valence-electron chi connectivity index (χ3n) is 5.43. The van der Waals surface area contributed by atoms with Gasteiger partial charge in [-0.3, -0.25) is 4.79 Å². The number of carbonyl (C=O) groups is 1. The van der Waals surface area contributed by atoms with Crippen molar-refractivity contribution in [2.75, 3.05) is 24.2 Å². The smallest absolute Gasteiger partial charge is 0.228 e. The normalized spacial score (nSPS) is 22.8. The highest BCUT2D eigenvalue weighted by Gasteiger charge is 2.41. The number of piperidine rings is 1. The van der Waals surface area contributed by atoms with Crippen molar-refractivity contribution >= 4 is 23.5 Å². The summed E-state index contributed by atoms with van der Waals surface area (Å²) in [5.74, 6) is 1.96. The largest absolute Gasteiger partial charge is 0.361 e. The van der Waals surface area contributed by atoms with Gasteiger partial charge in [-0.2, -0.15) is 0 Å². The lowest BCUT2D eigenvalue weighted by Gasteiger charge is -2.35. The van der Waals surface area contributed by atoms with Crippen molar-refractivity contribution in [3.63, 3.8) is 0 Å². The summed E-state index contributed by atoms with van der Waals surface area (Å²) >= 11 is 1.53. The molecule has 1 amide bonds. The third kappa shape index (κ3) is 3.06. The molecule has 0 N–H and O–H groups in total. The Kier molecular flexibility index (Phi) is 4.60. The Balaban J connectivity index is 1.60. The molecule has 2 aromatic rings. The first-order chi connectivity index (χ1) is 12.6. The maximum Gasteiger partial charge on any atom is 0.228 e. The van der Waals surface area contributed by atoms with Crippen molar-refractivity contribution in [1.82, 2.24) is 20.0 Å². The van der Waals surface area contributed by atoms with Crippen LogP contribution in [0, 0.1) is 19.8 Å². The quantitative estimate of drug-likeness (QED) is 0.602. The van der Waals surface area contributed by atoms with Gasteiger partial charge in [-0.05, 0) is 39.0 Å². The second-order valence-electron chi connectivity index (χ2n) is 7.00. The number of fused-ring (bicyclic) bond motifs is 4. The third-order valence-corrected chi connectivity index (χ3v) is 5.99. The monoisotopic (exact) mass is 373 g/mol. The molecule has 26 heavy (non-hydrogen) atoms. The molecule has 0 aliphatic carbocycles. The van der Waals surface area contributed by atoms with E-state index in [0.717, 1.165) is 53.9 Å². The van der Waals surface area contributed by atoms with Gasteiger partial charge in [0, 0.05) is 30.9 Å². The first-order valence-corrected chi connectivity index (χ1v) is 10.1. The minimum atomic E-state index is 0.0157. The Hall–Kier alpha value is -2.09. The molecular formula is C18H23N5O2S. The minimum absolute atomic E-state index is 0.0157. The molecule has 2 atom stereocenters. The maximum absolute atomic E-state index is 13.1. The van der Waals surface area contributed by atoms with E-state index in [1.807, 2.05) is 31.1 Å². The number of anilines is 1. The van der Waals surface area contributed by atoms with E-state index in [0.29, 0.717) is 6.54 Å². The number of aromatic nitrogens is 3. The van der Waals surface area contributed by atoms with Crippen molar-refractivity contribution < 1.29 is 9.32 Å². The fraction of sp³-hybridized carbons (Fsp3) is 0.556. The van der Waals surface area contributed by atoms with Gasteiger partial charge in [0.25, 0.3) is 0 Å². The number of carbonyl (C=O) groups excluding carboxylic acids is 1. The number of amides is 1. The van der Waals surface area contributed by atoms with Crippen LogP contribution in [0.5, 0.6) is 0 Å². The van der Waals surface area contributed by atoms with Crippen LogP contribution in [0.15, 0.2) is 21.9 Å². The molecule has 0 saturated carbocycles.